The molecule has 0 radical (unpaired) electrons. The van der Waals surface area contributed by atoms with Crippen LogP contribution in [0.4, 0.5) is 0 Å². The van der Waals surface area contributed by atoms with E-state index in [4.69, 9.17) is 0 Å². The maximum Gasteiger partial charge on any atom is 0.00452 e. The summed E-state index contributed by atoms with van der Waals surface area (Å²) in [5.74, 6) is 0. The van der Waals surface area contributed by atoms with Crippen molar-refractivity contribution in [3.8, 4) is 0 Å². The topological polar surface area (TPSA) is 0 Å². The summed E-state index contributed by atoms with van der Waals surface area (Å²) in [5.41, 5.74) is 0. The van der Waals surface area contributed by atoms with Crippen molar-refractivity contribution in [3.63, 3.8) is 0 Å². The van der Waals surface area contributed by atoms with E-state index in [-0.39, 0.29) is 12.4 Å². The van der Waals surface area contributed by atoms with Crippen LogP contribution in [0.5, 0.6) is 0 Å². The Labute approximate surface area is 117 Å². The van der Waals surface area contributed by atoms with E-state index in [1.54, 1.807) is 4.88 Å². The molecular formula is C15H27ClS. The third-order valence-corrected chi connectivity index (χ3v) is 4.04. The zero-order valence-electron chi connectivity index (χ0n) is 11.1. The van der Waals surface area contributed by atoms with Crippen molar-refractivity contribution in [2.45, 2.75) is 71.1 Å². The minimum atomic E-state index is 0. The van der Waals surface area contributed by atoms with Gasteiger partial charge in [-0.1, -0.05) is 64.4 Å². The first-order chi connectivity index (χ1) is 7.93. The Morgan fingerprint density at radius 3 is 2.00 bits per heavy atom. The molecule has 0 N–H and O–H groups in total. The summed E-state index contributed by atoms with van der Waals surface area (Å²) in [6.07, 6.45) is 14.2. The second-order valence-electron chi connectivity index (χ2n) is 4.66. The monoisotopic (exact) mass is 274 g/mol. The molecule has 1 heterocycles. The minimum Gasteiger partial charge on any atom is -0.149 e. The van der Waals surface area contributed by atoms with E-state index in [0.717, 1.165) is 0 Å². The van der Waals surface area contributed by atoms with Crippen LogP contribution in [-0.4, -0.2) is 0 Å². The lowest BCUT2D eigenvalue weighted by atomic mass is 10.1. The van der Waals surface area contributed by atoms with Gasteiger partial charge >= 0.3 is 0 Å². The van der Waals surface area contributed by atoms with Crippen molar-refractivity contribution in [1.82, 2.24) is 0 Å². The molecule has 0 saturated carbocycles. The number of hydrogen-bond donors (Lipinski definition) is 0. The average Bonchev–Trinajstić information content (AvgIpc) is 2.80. The van der Waals surface area contributed by atoms with Crippen molar-refractivity contribution in [1.29, 1.82) is 0 Å². The second-order valence-corrected chi connectivity index (χ2v) is 5.69. The molecule has 2 heteroatoms. The van der Waals surface area contributed by atoms with Gasteiger partial charge in [-0.2, -0.15) is 0 Å². The fourth-order valence-corrected chi connectivity index (χ4v) is 2.82. The van der Waals surface area contributed by atoms with E-state index in [9.17, 15) is 0 Å². The fourth-order valence-electron chi connectivity index (χ4n) is 2.06. The maximum atomic E-state index is 2.28. The molecule has 0 amide bonds. The number of unbranched alkanes of at least 4 members (excludes halogenated alkanes) is 8. The number of hydrogen-bond acceptors (Lipinski definition) is 1. The predicted octanol–water partition coefficient (Wildman–Crippen LogP) is 6.24. The van der Waals surface area contributed by atoms with E-state index in [2.05, 4.69) is 24.4 Å². The molecule has 0 aliphatic heterocycles. The Morgan fingerprint density at radius 2 is 1.47 bits per heavy atom. The molecule has 0 saturated heterocycles. The Balaban J connectivity index is 0.00000256. The molecule has 0 spiro atoms. The summed E-state index contributed by atoms with van der Waals surface area (Å²) >= 11 is 1.90. The van der Waals surface area contributed by atoms with Gasteiger partial charge in [0.25, 0.3) is 0 Å². The summed E-state index contributed by atoms with van der Waals surface area (Å²) in [4.78, 5) is 1.56. The Bertz CT molecular complexity index is 231. The molecule has 0 aliphatic rings. The van der Waals surface area contributed by atoms with Crippen LogP contribution in [0.25, 0.3) is 0 Å². The van der Waals surface area contributed by atoms with Gasteiger partial charge in [-0.05, 0) is 24.3 Å². The molecule has 0 aromatic carbocycles. The standard InChI is InChI=1S/C15H26S.ClH/c1-2-3-4-5-6-7-8-9-10-12-15-13-11-14-16-15;/h11,13-14H,2-10,12H2,1H3;1H. The van der Waals surface area contributed by atoms with Gasteiger partial charge in [0.1, 0.15) is 0 Å². The third-order valence-electron chi connectivity index (χ3n) is 3.11. The highest BCUT2D eigenvalue weighted by Gasteiger charge is 1.94. The molecular weight excluding hydrogens is 248 g/mol. The van der Waals surface area contributed by atoms with Crippen LogP contribution in [0, 0.1) is 0 Å². The van der Waals surface area contributed by atoms with Crippen molar-refractivity contribution in [2.75, 3.05) is 0 Å². The van der Waals surface area contributed by atoms with Gasteiger partial charge in [-0.3, -0.25) is 0 Å². The van der Waals surface area contributed by atoms with E-state index < -0.39 is 0 Å². The lowest BCUT2D eigenvalue weighted by Gasteiger charge is -2.01. The van der Waals surface area contributed by atoms with Crippen LogP contribution < -0.4 is 0 Å². The van der Waals surface area contributed by atoms with Gasteiger partial charge in [-0.15, -0.1) is 23.7 Å². The SMILES string of the molecule is CCCCCCCCCCCc1cccs1.Cl. The molecule has 1 aromatic rings. The highest BCUT2D eigenvalue weighted by molar-refractivity contribution is 7.09. The lowest BCUT2D eigenvalue weighted by Crippen LogP contribution is -1.83. The predicted molar refractivity (Wildman–Crippen MR) is 82.5 cm³/mol. The Hall–Kier alpha value is -0.0100. The van der Waals surface area contributed by atoms with Crippen LogP contribution in [0.15, 0.2) is 17.5 Å². The second kappa shape index (κ2) is 12.4. The highest BCUT2D eigenvalue weighted by Crippen LogP contribution is 2.14. The Morgan fingerprint density at radius 1 is 0.882 bits per heavy atom. The lowest BCUT2D eigenvalue weighted by molar-refractivity contribution is 0.565. The van der Waals surface area contributed by atoms with Crippen molar-refractivity contribution in [2.24, 2.45) is 0 Å². The zero-order chi connectivity index (χ0) is 11.5. The van der Waals surface area contributed by atoms with E-state index >= 15 is 0 Å². The molecule has 0 bridgehead atoms. The molecule has 0 aliphatic carbocycles. The molecule has 0 unspecified atom stereocenters. The first-order valence-electron chi connectivity index (χ1n) is 6.96. The molecule has 1 rings (SSSR count). The van der Waals surface area contributed by atoms with Gasteiger partial charge in [0, 0.05) is 4.88 Å². The summed E-state index contributed by atoms with van der Waals surface area (Å²) in [6, 6.07) is 4.42. The smallest absolute Gasteiger partial charge is 0.00452 e. The van der Waals surface area contributed by atoms with E-state index in [1.807, 2.05) is 11.3 Å². The molecule has 17 heavy (non-hydrogen) atoms. The van der Waals surface area contributed by atoms with Gasteiger partial charge in [0.05, 0.1) is 0 Å². The summed E-state index contributed by atoms with van der Waals surface area (Å²) in [5, 5.41) is 2.18. The normalized spacial score (nSPS) is 10.2. The average molecular weight is 275 g/mol. The maximum absolute atomic E-state index is 2.28. The largest absolute Gasteiger partial charge is 0.149 e. The Kier molecular flexibility index (Phi) is 12.4. The number of rotatable bonds is 10. The van der Waals surface area contributed by atoms with Crippen molar-refractivity contribution in [3.05, 3.63) is 22.4 Å². The van der Waals surface area contributed by atoms with Crippen LogP contribution in [0.1, 0.15) is 69.6 Å². The first kappa shape index (κ1) is 17.0. The number of halogens is 1. The molecule has 0 atom stereocenters. The summed E-state index contributed by atoms with van der Waals surface area (Å²) in [7, 11) is 0. The first-order valence-corrected chi connectivity index (χ1v) is 7.84. The van der Waals surface area contributed by atoms with Crippen molar-refractivity contribution >= 4 is 23.7 Å². The van der Waals surface area contributed by atoms with Gasteiger partial charge < -0.3 is 0 Å². The van der Waals surface area contributed by atoms with Crippen LogP contribution in [0.2, 0.25) is 0 Å². The van der Waals surface area contributed by atoms with E-state index in [0.29, 0.717) is 0 Å². The third kappa shape index (κ3) is 9.67. The number of aryl methyl sites for hydroxylation is 1. The van der Waals surface area contributed by atoms with Crippen LogP contribution >= 0.6 is 23.7 Å². The van der Waals surface area contributed by atoms with Crippen LogP contribution in [-0.2, 0) is 6.42 Å². The molecule has 0 nitrogen and oxygen atoms in total. The van der Waals surface area contributed by atoms with Gasteiger partial charge in [0.15, 0.2) is 0 Å². The van der Waals surface area contributed by atoms with E-state index in [1.165, 1.54) is 64.2 Å². The van der Waals surface area contributed by atoms with Gasteiger partial charge in [0.2, 0.25) is 0 Å². The highest BCUT2D eigenvalue weighted by atomic mass is 35.5. The zero-order valence-corrected chi connectivity index (χ0v) is 12.8. The summed E-state index contributed by atoms with van der Waals surface area (Å²) < 4.78 is 0. The molecule has 100 valence electrons. The summed E-state index contributed by atoms with van der Waals surface area (Å²) in [6.45, 7) is 2.28. The van der Waals surface area contributed by atoms with Crippen LogP contribution in [0.3, 0.4) is 0 Å². The molecule has 1 aromatic heterocycles. The fraction of sp³-hybridized carbons (Fsp3) is 0.733. The quantitative estimate of drug-likeness (QED) is 0.443. The van der Waals surface area contributed by atoms with Crippen molar-refractivity contribution < 1.29 is 0 Å². The number of thiophene rings is 1. The van der Waals surface area contributed by atoms with Gasteiger partial charge in [-0.25, -0.2) is 0 Å². The molecule has 0 fully saturated rings. The minimum absolute atomic E-state index is 0.